The van der Waals surface area contributed by atoms with E-state index in [0.717, 1.165) is 16.7 Å². The number of phosphoric acid groups is 2. The first-order chi connectivity index (χ1) is 33.8. The second-order valence-electron chi connectivity index (χ2n) is 22.2. The maximum Gasteiger partial charge on any atom is 0.475 e. The molecule has 3 unspecified atom stereocenters. The smallest absolute Gasteiger partial charge is 0.414 e. The van der Waals surface area contributed by atoms with Crippen molar-refractivity contribution in [1.82, 2.24) is 0 Å². The van der Waals surface area contributed by atoms with Crippen molar-refractivity contribution in [2.75, 3.05) is 7.11 Å². The average Bonchev–Trinajstić information content (AvgIpc) is 3.64. The minimum Gasteiger partial charge on any atom is -0.414 e. The van der Waals surface area contributed by atoms with Crippen LogP contribution in [-0.2, 0) is 82.0 Å². The van der Waals surface area contributed by atoms with Crippen LogP contribution in [0.25, 0.3) is 0 Å². The van der Waals surface area contributed by atoms with Crippen molar-refractivity contribution in [2.45, 2.75) is 212 Å². The van der Waals surface area contributed by atoms with Crippen LogP contribution in [0.5, 0.6) is 0 Å². The molecule has 14 nitrogen and oxygen atoms in total. The van der Waals surface area contributed by atoms with Gasteiger partial charge in [-0.1, -0.05) is 202 Å². The van der Waals surface area contributed by atoms with Crippen LogP contribution < -0.4 is 0 Å². The van der Waals surface area contributed by atoms with Crippen LogP contribution >= 0.6 is 15.6 Å². The van der Waals surface area contributed by atoms with E-state index in [1.807, 2.05) is 91.0 Å². The highest BCUT2D eigenvalue weighted by Crippen LogP contribution is 2.61. The van der Waals surface area contributed by atoms with Crippen molar-refractivity contribution >= 4 is 49.9 Å². The molecule has 6 rings (SSSR count). The van der Waals surface area contributed by atoms with E-state index >= 15 is 9.13 Å². The third-order valence-corrected chi connectivity index (χ3v) is 38.1. The molecule has 0 amide bonds. The summed E-state index contributed by atoms with van der Waals surface area (Å²) in [5, 5.41) is 0. The highest BCUT2D eigenvalue weighted by Gasteiger charge is 2.72. The molecule has 0 aromatic heterocycles. The number of hydrogen-bond acceptors (Lipinski definition) is 14. The zero-order valence-corrected chi connectivity index (χ0v) is 51.8. The molecule has 3 aliphatic rings. The van der Waals surface area contributed by atoms with Gasteiger partial charge in [-0.3, -0.25) is 27.1 Å². The van der Waals surface area contributed by atoms with Gasteiger partial charge in [-0.2, -0.15) is 0 Å². The number of rotatable bonds is 22. The van der Waals surface area contributed by atoms with Crippen LogP contribution in [0.4, 0.5) is 0 Å². The van der Waals surface area contributed by atoms with E-state index in [2.05, 4.69) is 111 Å². The van der Waals surface area contributed by atoms with Gasteiger partial charge in [-0.25, -0.2) is 9.13 Å². The minimum atomic E-state index is -4.65. The zero-order valence-electron chi connectivity index (χ0n) is 46.0. The molecule has 20 heteroatoms. The molecule has 1 saturated carbocycles. The van der Waals surface area contributed by atoms with Gasteiger partial charge in [0.2, 0.25) is 0 Å². The monoisotopic (exact) mass is 1110 g/mol. The Morgan fingerprint density at radius 1 is 0.389 bits per heavy atom. The minimum absolute atomic E-state index is 0.0744. The number of hydrogen-bond donors (Lipinski definition) is 0. The van der Waals surface area contributed by atoms with Gasteiger partial charge >= 0.3 is 49.9 Å². The van der Waals surface area contributed by atoms with E-state index in [1.54, 1.807) is 0 Å². The molecular formula is C52H86O14P2Si4. The van der Waals surface area contributed by atoms with Gasteiger partial charge in [0.05, 0.1) is 19.8 Å². The topological polar surface area (TPSA) is 145 Å². The molecule has 0 N–H and O–H groups in total. The van der Waals surface area contributed by atoms with E-state index < -0.39 is 86.5 Å². The molecule has 2 saturated heterocycles. The predicted molar refractivity (Wildman–Crippen MR) is 291 cm³/mol. The molecule has 1 aliphatic carbocycles. The summed E-state index contributed by atoms with van der Waals surface area (Å²) in [6, 6.07) is 28.4. The molecule has 72 heavy (non-hydrogen) atoms. The molecule has 0 radical (unpaired) electrons. The summed E-state index contributed by atoms with van der Waals surface area (Å²) in [5.74, 6) is 0. The van der Waals surface area contributed by atoms with Crippen LogP contribution in [0, 0.1) is 0 Å². The van der Waals surface area contributed by atoms with E-state index in [9.17, 15) is 0 Å². The molecule has 3 aromatic rings. The molecule has 3 aromatic carbocycles. The third-order valence-electron chi connectivity index (χ3n) is 14.7. The van der Waals surface area contributed by atoms with Crippen LogP contribution in [0.15, 0.2) is 91.0 Å². The second-order valence-corrected chi connectivity index (χ2v) is 43.1. The van der Waals surface area contributed by atoms with Crippen LogP contribution in [0.2, 0.25) is 44.3 Å². The Hall–Kier alpha value is -1.49. The fourth-order valence-corrected chi connectivity index (χ4v) is 35.8. The first-order valence-corrected chi connectivity index (χ1v) is 36.9. The van der Waals surface area contributed by atoms with E-state index in [4.69, 9.17) is 53.1 Å². The normalized spacial score (nSPS) is 26.0. The Kier molecular flexibility index (Phi) is 20.3. The zero-order chi connectivity index (χ0) is 53.0. The highest BCUT2D eigenvalue weighted by atomic mass is 31.2. The summed E-state index contributed by atoms with van der Waals surface area (Å²) < 4.78 is 118. The van der Waals surface area contributed by atoms with Gasteiger partial charge in [0, 0.05) is 7.11 Å². The predicted octanol–water partition coefficient (Wildman–Crippen LogP) is 14.9. The molecule has 404 valence electrons. The second kappa shape index (κ2) is 24.5. The van der Waals surface area contributed by atoms with Crippen LogP contribution in [-0.4, -0.2) is 78.0 Å². The Bertz CT molecular complexity index is 2110. The summed E-state index contributed by atoms with van der Waals surface area (Å²) in [4.78, 5) is 0. The summed E-state index contributed by atoms with van der Waals surface area (Å²) in [5.41, 5.74) is 1.37. The summed E-state index contributed by atoms with van der Waals surface area (Å²) >= 11 is 0. The lowest BCUT2D eigenvalue weighted by Gasteiger charge is -2.52. The molecule has 3 fully saturated rings. The van der Waals surface area contributed by atoms with Crippen LogP contribution in [0.1, 0.15) is 127 Å². The fraction of sp³-hybridized carbons (Fsp3) is 0.654. The van der Waals surface area contributed by atoms with Gasteiger partial charge in [0.25, 0.3) is 0 Å². The quantitative estimate of drug-likeness (QED) is 0.0695. The first-order valence-electron chi connectivity index (χ1n) is 26.1. The Balaban J connectivity index is 1.69. The maximum absolute atomic E-state index is 16.1. The number of phosphoric ester groups is 2. The summed E-state index contributed by atoms with van der Waals surface area (Å²) in [6.07, 6.45) is -7.18. The maximum atomic E-state index is 16.1. The molecule has 0 spiro atoms. The standard InChI is InChI=1S/C52H86O14P2Si4/c1-36(2)69(37(3)4)61-49-47(59-67(53,55-17)56-33-44-27-21-18-22-28-44)50-52(64-72(42(13)14,43(15)16)66-70(62-50,38(5)6)39(7)8)48(51(49)63-71(65-69,40(9)10)41(11)12)60-68(54,57-34-45-29-23-19-24-30-45)58-35-46-31-25-20-26-32-46/h18-32,36-43,47-52H,33-35H2,1-17H3/t47?,48?,49-,50+,51-,52+,67?. The van der Waals surface area contributed by atoms with Gasteiger partial charge < -0.3 is 25.9 Å². The van der Waals surface area contributed by atoms with E-state index in [-0.39, 0.29) is 64.2 Å². The van der Waals surface area contributed by atoms with Crippen molar-refractivity contribution in [2.24, 2.45) is 0 Å². The molecule has 2 heterocycles. The summed E-state index contributed by atoms with van der Waals surface area (Å²) in [7, 11) is -21.8. The van der Waals surface area contributed by atoms with Crippen molar-refractivity contribution in [3.05, 3.63) is 108 Å². The van der Waals surface area contributed by atoms with E-state index in [1.165, 1.54) is 7.11 Å². The first kappa shape index (κ1) is 59.7. The Morgan fingerprint density at radius 2 is 0.611 bits per heavy atom. The lowest BCUT2D eigenvalue weighted by Crippen LogP contribution is -2.70. The highest BCUT2D eigenvalue weighted by molar-refractivity contribution is 7.48. The molecular weight excluding hydrogens is 1020 g/mol. The SMILES string of the molecule is COP(=O)(OCc1ccccc1)OC1[C@H]2O[Si](C(C)C)(C(C)C)O[Si](C(C)C)(C(C)C)O[C@@H]2C(OP(=O)(OCc2ccccc2)OCc2ccccc2)[C@@H]2O[Si](C(C)C)(C(C)C)O[Si](C(C)C)(C(C)C)O[C@@H]12. The van der Waals surface area contributed by atoms with Gasteiger partial charge in [-0.05, 0) is 61.0 Å². The van der Waals surface area contributed by atoms with E-state index in [0.29, 0.717) is 0 Å². The average molecular weight is 1110 g/mol. The van der Waals surface area contributed by atoms with Crippen molar-refractivity contribution in [3.63, 3.8) is 0 Å². The Labute approximate surface area is 436 Å². The van der Waals surface area contributed by atoms with Crippen LogP contribution in [0.3, 0.4) is 0 Å². The van der Waals surface area contributed by atoms with Gasteiger partial charge in [0.1, 0.15) is 36.6 Å². The molecule has 2 aliphatic heterocycles. The Morgan fingerprint density at radius 3 is 0.833 bits per heavy atom. The number of benzene rings is 3. The molecule has 0 bridgehead atoms. The largest absolute Gasteiger partial charge is 0.475 e. The number of fused-ring (bicyclic) bond motifs is 2. The fourth-order valence-electron chi connectivity index (χ4n) is 10.7. The lowest BCUT2D eigenvalue weighted by molar-refractivity contribution is -0.199. The van der Waals surface area contributed by atoms with Gasteiger partial charge in [-0.15, -0.1) is 0 Å². The van der Waals surface area contributed by atoms with Crippen molar-refractivity contribution in [3.8, 4) is 0 Å². The third kappa shape index (κ3) is 12.6. The van der Waals surface area contributed by atoms with Gasteiger partial charge in [0.15, 0.2) is 0 Å². The lowest BCUT2D eigenvalue weighted by atomic mass is 9.85. The van der Waals surface area contributed by atoms with Crippen molar-refractivity contribution < 1.29 is 62.2 Å². The van der Waals surface area contributed by atoms with Crippen molar-refractivity contribution in [1.29, 1.82) is 0 Å². The summed E-state index contributed by atoms with van der Waals surface area (Å²) in [6.45, 7) is 33.9. The molecule has 7 atom stereocenters.